The van der Waals surface area contributed by atoms with Gasteiger partial charge in [-0.15, -0.1) is 11.8 Å². The van der Waals surface area contributed by atoms with Crippen LogP contribution in [0.25, 0.3) is 0 Å². The number of rotatable bonds is 6. The number of likely N-dealkylation sites (N-methyl/N-ethyl adjacent to an activating group) is 1. The average Bonchev–Trinajstić information content (AvgIpc) is 2.28. The highest BCUT2D eigenvalue weighted by molar-refractivity contribution is 7.99. The van der Waals surface area contributed by atoms with Gasteiger partial charge in [-0.2, -0.15) is 0 Å². The van der Waals surface area contributed by atoms with Crippen molar-refractivity contribution in [2.24, 2.45) is 0 Å². The number of nitrogens with one attached hydrogen (secondary N) is 1. The molecule has 0 aliphatic heterocycles. The molecule has 0 bridgehead atoms. The summed E-state index contributed by atoms with van der Waals surface area (Å²) in [6, 6.07) is 4.56. The Kier molecular flexibility index (Phi) is 6.12. The normalized spacial score (nSPS) is 12.4. The molecule has 0 aliphatic rings. The monoisotopic (exact) mass is 293 g/mol. The third-order valence-corrected chi connectivity index (χ3v) is 3.87. The first kappa shape index (κ1) is 14.6. The van der Waals surface area contributed by atoms with Crippen molar-refractivity contribution in [2.45, 2.75) is 17.9 Å². The Bertz CT molecular complexity index is 401. The molecule has 1 rings (SSSR count). The Morgan fingerprint density at radius 2 is 2.24 bits per heavy atom. The molecule has 94 valence electrons. The summed E-state index contributed by atoms with van der Waals surface area (Å²) in [4.78, 5) is 11.7. The van der Waals surface area contributed by atoms with Gasteiger partial charge in [-0.05, 0) is 24.7 Å². The number of carboxylic acids is 1. The van der Waals surface area contributed by atoms with Crippen LogP contribution in [-0.4, -0.2) is 29.4 Å². The van der Waals surface area contributed by atoms with Gasteiger partial charge in [-0.1, -0.05) is 30.1 Å². The van der Waals surface area contributed by atoms with Crippen molar-refractivity contribution in [2.75, 3.05) is 12.3 Å². The van der Waals surface area contributed by atoms with Crippen molar-refractivity contribution in [1.29, 1.82) is 0 Å². The predicted molar refractivity (Wildman–Crippen MR) is 72.3 cm³/mol. The van der Waals surface area contributed by atoms with E-state index in [4.69, 9.17) is 28.3 Å². The second kappa shape index (κ2) is 7.11. The lowest BCUT2D eigenvalue weighted by molar-refractivity contribution is -0.138. The van der Waals surface area contributed by atoms with Crippen molar-refractivity contribution < 1.29 is 9.90 Å². The molecule has 0 saturated carbocycles. The lowest BCUT2D eigenvalue weighted by atomic mass is 10.3. The van der Waals surface area contributed by atoms with Crippen LogP contribution in [0.4, 0.5) is 0 Å². The first-order valence-electron chi connectivity index (χ1n) is 5.08. The van der Waals surface area contributed by atoms with Crippen LogP contribution in [0.1, 0.15) is 6.92 Å². The van der Waals surface area contributed by atoms with Crippen molar-refractivity contribution in [3.63, 3.8) is 0 Å². The van der Waals surface area contributed by atoms with Crippen molar-refractivity contribution >= 4 is 40.9 Å². The maximum atomic E-state index is 10.9. The predicted octanol–water partition coefficient (Wildman–Crippen LogP) is 3.15. The maximum absolute atomic E-state index is 10.9. The Morgan fingerprint density at radius 3 is 2.82 bits per heavy atom. The zero-order chi connectivity index (χ0) is 12.8. The third kappa shape index (κ3) is 4.76. The lowest BCUT2D eigenvalue weighted by Gasteiger charge is -2.13. The van der Waals surface area contributed by atoms with Crippen LogP contribution in [-0.2, 0) is 4.79 Å². The van der Waals surface area contributed by atoms with E-state index in [2.05, 4.69) is 5.32 Å². The Labute approximate surface area is 114 Å². The van der Waals surface area contributed by atoms with E-state index in [0.29, 0.717) is 22.3 Å². The number of carbonyl (C=O) groups is 1. The second-order valence-corrected chi connectivity index (χ2v) is 5.24. The maximum Gasteiger partial charge on any atom is 0.321 e. The first-order valence-corrected chi connectivity index (χ1v) is 6.82. The van der Waals surface area contributed by atoms with E-state index in [0.717, 1.165) is 4.90 Å². The Balaban J connectivity index is 2.64. The molecule has 0 radical (unpaired) electrons. The van der Waals surface area contributed by atoms with E-state index >= 15 is 0 Å². The fourth-order valence-corrected chi connectivity index (χ4v) is 2.77. The highest BCUT2D eigenvalue weighted by atomic mass is 35.5. The van der Waals surface area contributed by atoms with Gasteiger partial charge >= 0.3 is 5.97 Å². The van der Waals surface area contributed by atoms with E-state index in [-0.39, 0.29) is 0 Å². The Morgan fingerprint density at radius 1 is 1.53 bits per heavy atom. The molecule has 0 aromatic heterocycles. The molecule has 1 atom stereocenters. The van der Waals surface area contributed by atoms with Crippen molar-refractivity contribution in [3.05, 3.63) is 28.2 Å². The number of halogens is 2. The zero-order valence-corrected chi connectivity index (χ0v) is 11.6. The topological polar surface area (TPSA) is 49.3 Å². The summed E-state index contributed by atoms with van der Waals surface area (Å²) in [5.74, 6) is -0.457. The SMILES string of the molecule is CCNC(CSc1cc(Cl)ccc1Cl)C(=O)O. The standard InChI is InChI=1S/C11H13Cl2NO2S/c1-2-14-9(11(15)16)6-17-10-5-7(12)3-4-8(10)13/h3-5,9,14H,2,6H2,1H3,(H,15,16). The number of carboxylic acid groups (broad SMARTS) is 1. The summed E-state index contributed by atoms with van der Waals surface area (Å²) in [5.41, 5.74) is 0. The van der Waals surface area contributed by atoms with E-state index in [1.807, 2.05) is 6.92 Å². The second-order valence-electron chi connectivity index (χ2n) is 3.33. The highest BCUT2D eigenvalue weighted by Crippen LogP contribution is 2.30. The van der Waals surface area contributed by atoms with Crippen molar-refractivity contribution in [3.8, 4) is 0 Å². The van der Waals surface area contributed by atoms with Crippen LogP contribution in [0.15, 0.2) is 23.1 Å². The van der Waals surface area contributed by atoms with Crippen molar-refractivity contribution in [1.82, 2.24) is 5.32 Å². The molecular weight excluding hydrogens is 281 g/mol. The minimum atomic E-state index is -0.863. The zero-order valence-electron chi connectivity index (χ0n) is 9.24. The van der Waals surface area contributed by atoms with Gasteiger partial charge in [0.25, 0.3) is 0 Å². The highest BCUT2D eigenvalue weighted by Gasteiger charge is 2.16. The molecule has 1 aromatic rings. The molecule has 0 heterocycles. The van der Waals surface area contributed by atoms with Crippen LogP contribution >= 0.6 is 35.0 Å². The van der Waals surface area contributed by atoms with Crippen LogP contribution in [0, 0.1) is 0 Å². The van der Waals surface area contributed by atoms with Gasteiger partial charge in [-0.25, -0.2) is 0 Å². The summed E-state index contributed by atoms with van der Waals surface area (Å²) < 4.78 is 0. The fourth-order valence-electron chi connectivity index (χ4n) is 1.22. The summed E-state index contributed by atoms with van der Waals surface area (Å²) in [7, 11) is 0. The summed E-state index contributed by atoms with van der Waals surface area (Å²) in [6.45, 7) is 2.48. The number of thioether (sulfide) groups is 1. The van der Waals surface area contributed by atoms with E-state index in [9.17, 15) is 4.79 Å². The molecule has 0 spiro atoms. The van der Waals surface area contributed by atoms with E-state index in [1.165, 1.54) is 11.8 Å². The smallest absolute Gasteiger partial charge is 0.321 e. The summed E-state index contributed by atoms with van der Waals surface area (Å²) in [5, 5.41) is 13.0. The van der Waals surface area contributed by atoms with Gasteiger partial charge in [-0.3, -0.25) is 4.79 Å². The van der Waals surface area contributed by atoms with E-state index < -0.39 is 12.0 Å². The molecule has 6 heteroatoms. The average molecular weight is 294 g/mol. The molecule has 17 heavy (non-hydrogen) atoms. The summed E-state index contributed by atoms with van der Waals surface area (Å²) >= 11 is 13.2. The number of hydrogen-bond donors (Lipinski definition) is 2. The first-order chi connectivity index (χ1) is 8.04. The van der Waals surface area contributed by atoms with Crippen LogP contribution < -0.4 is 5.32 Å². The molecule has 0 fully saturated rings. The van der Waals surface area contributed by atoms with Gasteiger partial charge in [0.2, 0.25) is 0 Å². The Hall–Kier alpha value is -0.420. The van der Waals surface area contributed by atoms with Gasteiger partial charge in [0.05, 0.1) is 5.02 Å². The van der Waals surface area contributed by atoms with Crippen LogP contribution in [0.2, 0.25) is 10.0 Å². The van der Waals surface area contributed by atoms with Gasteiger partial charge in [0, 0.05) is 15.7 Å². The lowest BCUT2D eigenvalue weighted by Crippen LogP contribution is -2.38. The van der Waals surface area contributed by atoms with Gasteiger partial charge < -0.3 is 10.4 Å². The molecule has 1 aromatic carbocycles. The quantitative estimate of drug-likeness (QED) is 0.791. The minimum absolute atomic E-state index is 0.406. The van der Waals surface area contributed by atoms with E-state index in [1.54, 1.807) is 18.2 Å². The molecule has 2 N–H and O–H groups in total. The molecule has 0 saturated heterocycles. The van der Waals surface area contributed by atoms with Gasteiger partial charge in [0.15, 0.2) is 0 Å². The molecule has 3 nitrogen and oxygen atoms in total. The van der Waals surface area contributed by atoms with Crippen LogP contribution in [0.3, 0.4) is 0 Å². The fraction of sp³-hybridized carbons (Fsp3) is 0.364. The minimum Gasteiger partial charge on any atom is -0.480 e. The molecular formula is C11H13Cl2NO2S. The molecule has 0 amide bonds. The molecule has 1 unspecified atom stereocenters. The number of benzene rings is 1. The number of aliphatic carboxylic acids is 1. The third-order valence-electron chi connectivity index (χ3n) is 2.05. The largest absolute Gasteiger partial charge is 0.480 e. The molecule has 0 aliphatic carbocycles. The van der Waals surface area contributed by atoms with Gasteiger partial charge in [0.1, 0.15) is 6.04 Å². The van der Waals surface area contributed by atoms with Crippen LogP contribution in [0.5, 0.6) is 0 Å². The number of hydrogen-bond acceptors (Lipinski definition) is 3. The summed E-state index contributed by atoms with van der Waals surface area (Å²) in [6.07, 6.45) is 0.